The van der Waals surface area contributed by atoms with Crippen molar-refractivity contribution in [3.8, 4) is 0 Å². The van der Waals surface area contributed by atoms with Crippen molar-refractivity contribution in [1.29, 1.82) is 0 Å². The molecular weight excluding hydrogens is 230 g/mol. The zero-order valence-corrected chi connectivity index (χ0v) is 10.6. The molecule has 1 heterocycles. The van der Waals surface area contributed by atoms with Crippen LogP contribution in [0.1, 0.15) is 6.42 Å². The Bertz CT molecular complexity index is 471. The van der Waals surface area contributed by atoms with Gasteiger partial charge >= 0.3 is 0 Å². The molecule has 96 valence electrons. The summed E-state index contributed by atoms with van der Waals surface area (Å²) in [6, 6.07) is 7.36. The minimum Gasteiger partial charge on any atom is -0.323 e. The van der Waals surface area contributed by atoms with Crippen LogP contribution in [0, 0.1) is 0 Å². The maximum atomic E-state index is 12.1. The van der Waals surface area contributed by atoms with Gasteiger partial charge in [0.2, 0.25) is 11.8 Å². The predicted molar refractivity (Wildman–Crippen MR) is 70.6 cm³/mol. The number of carbonyl (C=O) groups excluding carboxylic acids is 2. The molecule has 0 aromatic heterocycles. The van der Waals surface area contributed by atoms with E-state index in [1.54, 1.807) is 11.0 Å². The molecule has 1 aromatic carbocycles. The normalized spacial score (nSPS) is 14.4. The highest BCUT2D eigenvalue weighted by molar-refractivity contribution is 6.09. The largest absolute Gasteiger partial charge is 0.323 e. The van der Waals surface area contributed by atoms with Gasteiger partial charge in [-0.15, -0.1) is 0 Å². The van der Waals surface area contributed by atoms with E-state index >= 15 is 0 Å². The third-order valence-corrected chi connectivity index (χ3v) is 2.84. The average molecular weight is 247 g/mol. The van der Waals surface area contributed by atoms with Crippen molar-refractivity contribution in [2.24, 2.45) is 0 Å². The van der Waals surface area contributed by atoms with Gasteiger partial charge < -0.3 is 15.1 Å². The molecule has 0 saturated heterocycles. The van der Waals surface area contributed by atoms with Gasteiger partial charge in [0.25, 0.3) is 0 Å². The molecule has 0 atom stereocenters. The van der Waals surface area contributed by atoms with Crippen LogP contribution in [0.5, 0.6) is 0 Å². The Labute approximate surface area is 106 Å². The van der Waals surface area contributed by atoms with Gasteiger partial charge in [-0.25, -0.2) is 0 Å². The third kappa shape index (κ3) is 2.68. The molecule has 1 aliphatic heterocycles. The van der Waals surface area contributed by atoms with Gasteiger partial charge in [-0.2, -0.15) is 0 Å². The highest BCUT2D eigenvalue weighted by Gasteiger charge is 2.25. The van der Waals surface area contributed by atoms with Gasteiger partial charge in [0.1, 0.15) is 6.54 Å². The van der Waals surface area contributed by atoms with Gasteiger partial charge in [0.15, 0.2) is 0 Å². The van der Waals surface area contributed by atoms with E-state index in [-0.39, 0.29) is 18.4 Å². The molecule has 0 bridgehead atoms. The van der Waals surface area contributed by atoms with Crippen molar-refractivity contribution < 1.29 is 9.59 Å². The molecule has 18 heavy (non-hydrogen) atoms. The molecule has 0 spiro atoms. The highest BCUT2D eigenvalue weighted by Crippen LogP contribution is 2.29. The van der Waals surface area contributed by atoms with Gasteiger partial charge in [-0.1, -0.05) is 12.1 Å². The Kier molecular flexibility index (Phi) is 3.62. The SMILES string of the molecule is CN(C)CCC(=O)N1CC(=O)Nc2ccccc21. The second-order valence-corrected chi connectivity index (χ2v) is 4.60. The van der Waals surface area contributed by atoms with Crippen LogP contribution in [0.15, 0.2) is 24.3 Å². The first kappa shape index (κ1) is 12.6. The molecule has 5 heteroatoms. The number of carbonyl (C=O) groups is 2. The van der Waals surface area contributed by atoms with Crippen molar-refractivity contribution in [2.45, 2.75) is 6.42 Å². The summed E-state index contributed by atoms with van der Waals surface area (Å²) in [7, 11) is 3.84. The van der Waals surface area contributed by atoms with Crippen LogP contribution in [-0.2, 0) is 9.59 Å². The Morgan fingerprint density at radius 2 is 2.11 bits per heavy atom. The minimum atomic E-state index is -0.146. The lowest BCUT2D eigenvalue weighted by Crippen LogP contribution is -2.42. The molecule has 0 saturated carbocycles. The number of anilines is 2. The summed E-state index contributed by atoms with van der Waals surface area (Å²) >= 11 is 0. The minimum absolute atomic E-state index is 0.0222. The smallest absolute Gasteiger partial charge is 0.244 e. The molecular formula is C13H17N3O2. The van der Waals surface area contributed by atoms with Crippen molar-refractivity contribution in [3.63, 3.8) is 0 Å². The van der Waals surface area contributed by atoms with Crippen LogP contribution >= 0.6 is 0 Å². The second-order valence-electron chi connectivity index (χ2n) is 4.60. The number of nitrogens with one attached hydrogen (secondary N) is 1. The van der Waals surface area contributed by atoms with Crippen molar-refractivity contribution in [1.82, 2.24) is 4.90 Å². The fourth-order valence-electron chi connectivity index (χ4n) is 1.91. The Hall–Kier alpha value is -1.88. The van der Waals surface area contributed by atoms with Gasteiger partial charge in [-0.05, 0) is 26.2 Å². The number of hydrogen-bond acceptors (Lipinski definition) is 3. The van der Waals surface area contributed by atoms with Crippen LogP contribution in [0.4, 0.5) is 11.4 Å². The maximum Gasteiger partial charge on any atom is 0.244 e. The fourth-order valence-corrected chi connectivity index (χ4v) is 1.91. The van der Waals surface area contributed by atoms with E-state index < -0.39 is 0 Å². The van der Waals surface area contributed by atoms with Crippen molar-refractivity contribution >= 4 is 23.2 Å². The first-order valence-electron chi connectivity index (χ1n) is 5.92. The summed E-state index contributed by atoms with van der Waals surface area (Å²) in [6.45, 7) is 0.780. The molecule has 1 aromatic rings. The lowest BCUT2D eigenvalue weighted by molar-refractivity contribution is -0.122. The summed E-state index contributed by atoms with van der Waals surface area (Å²) in [5.74, 6) is -0.169. The molecule has 1 aliphatic rings. The van der Waals surface area contributed by atoms with E-state index in [4.69, 9.17) is 0 Å². The lowest BCUT2D eigenvalue weighted by Gasteiger charge is -2.29. The Morgan fingerprint density at radius 3 is 2.83 bits per heavy atom. The van der Waals surface area contributed by atoms with E-state index in [2.05, 4.69) is 5.32 Å². The Morgan fingerprint density at radius 1 is 1.39 bits per heavy atom. The van der Waals surface area contributed by atoms with Crippen LogP contribution in [0.2, 0.25) is 0 Å². The quantitative estimate of drug-likeness (QED) is 0.864. The Balaban J connectivity index is 2.18. The molecule has 0 aliphatic carbocycles. The number of para-hydroxylation sites is 2. The molecule has 2 rings (SSSR count). The summed E-state index contributed by atoms with van der Waals surface area (Å²) in [5.41, 5.74) is 1.48. The summed E-state index contributed by atoms with van der Waals surface area (Å²) in [4.78, 5) is 27.2. The lowest BCUT2D eigenvalue weighted by atomic mass is 10.2. The number of nitrogens with zero attached hydrogens (tertiary/aromatic N) is 2. The standard InChI is InChI=1S/C13H17N3O2/c1-15(2)8-7-13(18)16-9-12(17)14-10-5-3-4-6-11(10)16/h3-6H,7-9H2,1-2H3,(H,14,17). The zero-order chi connectivity index (χ0) is 13.1. The van der Waals surface area contributed by atoms with Crippen LogP contribution in [0.3, 0.4) is 0 Å². The summed E-state index contributed by atoms with van der Waals surface area (Å²) in [6.07, 6.45) is 0.411. The number of hydrogen-bond donors (Lipinski definition) is 1. The number of amides is 2. The maximum absolute atomic E-state index is 12.1. The third-order valence-electron chi connectivity index (χ3n) is 2.84. The molecule has 0 radical (unpaired) electrons. The first-order valence-corrected chi connectivity index (χ1v) is 5.92. The van der Waals surface area contributed by atoms with Gasteiger partial charge in [0.05, 0.1) is 11.4 Å². The van der Waals surface area contributed by atoms with E-state index in [1.165, 1.54) is 0 Å². The van der Waals surface area contributed by atoms with Gasteiger partial charge in [-0.3, -0.25) is 9.59 Å². The average Bonchev–Trinajstić information content (AvgIpc) is 2.34. The van der Waals surface area contributed by atoms with Crippen LogP contribution in [-0.4, -0.2) is 43.9 Å². The topological polar surface area (TPSA) is 52.7 Å². The van der Waals surface area contributed by atoms with E-state index in [0.717, 1.165) is 5.69 Å². The summed E-state index contributed by atoms with van der Waals surface area (Å²) < 4.78 is 0. The van der Waals surface area contributed by atoms with E-state index in [0.29, 0.717) is 18.7 Å². The van der Waals surface area contributed by atoms with Crippen molar-refractivity contribution in [3.05, 3.63) is 24.3 Å². The van der Waals surface area contributed by atoms with Gasteiger partial charge in [0, 0.05) is 13.0 Å². The summed E-state index contributed by atoms with van der Waals surface area (Å²) in [5, 5.41) is 2.77. The highest BCUT2D eigenvalue weighted by atomic mass is 16.2. The molecule has 1 N–H and O–H groups in total. The fraction of sp³-hybridized carbons (Fsp3) is 0.385. The number of fused-ring (bicyclic) bond motifs is 1. The van der Waals surface area contributed by atoms with Crippen molar-refractivity contribution in [2.75, 3.05) is 37.4 Å². The zero-order valence-electron chi connectivity index (χ0n) is 10.6. The van der Waals surface area contributed by atoms with Crippen LogP contribution in [0.25, 0.3) is 0 Å². The first-order chi connectivity index (χ1) is 8.58. The number of rotatable bonds is 3. The second kappa shape index (κ2) is 5.18. The predicted octanol–water partition coefficient (Wildman–Crippen LogP) is 0.923. The van der Waals surface area contributed by atoms with E-state index in [9.17, 15) is 9.59 Å². The molecule has 0 unspecified atom stereocenters. The molecule has 0 fully saturated rings. The monoisotopic (exact) mass is 247 g/mol. The van der Waals surface area contributed by atoms with Crippen LogP contribution < -0.4 is 10.2 Å². The van der Waals surface area contributed by atoms with E-state index in [1.807, 2.05) is 37.2 Å². The molecule has 5 nitrogen and oxygen atoms in total. The number of benzene rings is 1. The molecule has 2 amide bonds.